The number of ether oxygens (including phenoxy) is 3. The minimum atomic E-state index is -0.144. The molecule has 0 bridgehead atoms. The van der Waals surface area contributed by atoms with Crippen LogP contribution in [-0.2, 0) is 4.74 Å². The molecule has 2 aromatic rings. The number of morpholine rings is 1. The highest BCUT2D eigenvalue weighted by atomic mass is 16.5. The molecular weight excluding hydrogens is 382 g/mol. The van der Waals surface area contributed by atoms with E-state index in [1.54, 1.807) is 32.4 Å². The second kappa shape index (κ2) is 10.3. The number of amides is 1. The number of benzene rings is 2. The molecule has 3 rings (SSSR count). The van der Waals surface area contributed by atoms with Crippen molar-refractivity contribution in [3.8, 4) is 11.5 Å². The van der Waals surface area contributed by atoms with Crippen LogP contribution in [0.2, 0.25) is 0 Å². The first-order valence-electron chi connectivity index (χ1n) is 10.2. The molecule has 1 amide bonds. The summed E-state index contributed by atoms with van der Waals surface area (Å²) < 4.78 is 16.1. The Morgan fingerprint density at radius 2 is 1.67 bits per heavy atom. The van der Waals surface area contributed by atoms with Crippen molar-refractivity contribution in [3.05, 3.63) is 53.6 Å². The van der Waals surface area contributed by atoms with Crippen molar-refractivity contribution in [2.24, 2.45) is 0 Å². The highest BCUT2D eigenvalue weighted by molar-refractivity contribution is 5.95. The maximum Gasteiger partial charge on any atom is 0.251 e. The lowest BCUT2D eigenvalue weighted by Gasteiger charge is -2.32. The second-order valence-electron chi connectivity index (χ2n) is 7.62. The van der Waals surface area contributed by atoms with Gasteiger partial charge in [0, 0.05) is 37.0 Å². The van der Waals surface area contributed by atoms with Gasteiger partial charge in [0.25, 0.3) is 5.91 Å². The SMILES string of the molecule is COc1cc(OC)cc(C(=O)NC[C@@H](c2ccc(N(C)C)cc2)[NH+]2CCOCC2)c1. The first kappa shape index (κ1) is 21.9. The number of carbonyl (C=O) groups is 1. The summed E-state index contributed by atoms with van der Waals surface area (Å²) in [5, 5.41) is 3.11. The van der Waals surface area contributed by atoms with E-state index in [1.165, 1.54) is 10.5 Å². The van der Waals surface area contributed by atoms with Crippen LogP contribution in [0.5, 0.6) is 11.5 Å². The van der Waals surface area contributed by atoms with Gasteiger partial charge < -0.3 is 29.3 Å². The van der Waals surface area contributed by atoms with E-state index in [1.807, 2.05) is 14.1 Å². The maximum atomic E-state index is 12.9. The Labute approximate surface area is 178 Å². The molecule has 2 N–H and O–H groups in total. The molecule has 0 spiro atoms. The molecule has 162 valence electrons. The van der Waals surface area contributed by atoms with Crippen molar-refractivity contribution in [1.29, 1.82) is 0 Å². The number of carbonyl (C=O) groups excluding carboxylic acids is 1. The fraction of sp³-hybridized carbons (Fsp3) is 0.435. The van der Waals surface area contributed by atoms with E-state index in [4.69, 9.17) is 14.2 Å². The zero-order chi connectivity index (χ0) is 21.5. The number of rotatable bonds is 8. The van der Waals surface area contributed by atoms with Crippen LogP contribution < -0.4 is 24.6 Å². The van der Waals surface area contributed by atoms with Gasteiger partial charge in [0.15, 0.2) is 0 Å². The van der Waals surface area contributed by atoms with Gasteiger partial charge in [-0.15, -0.1) is 0 Å². The number of quaternary nitrogens is 1. The molecule has 0 aromatic heterocycles. The van der Waals surface area contributed by atoms with Gasteiger partial charge in [-0.1, -0.05) is 12.1 Å². The lowest BCUT2D eigenvalue weighted by molar-refractivity contribution is -0.937. The second-order valence-corrected chi connectivity index (χ2v) is 7.62. The molecule has 1 heterocycles. The third kappa shape index (κ3) is 5.43. The normalized spacial score (nSPS) is 15.3. The standard InChI is InChI=1S/C23H31N3O4/c1-25(2)19-7-5-17(6-8-19)22(26-9-11-30-12-10-26)16-24-23(27)18-13-20(28-3)15-21(14-18)29-4/h5-8,13-15,22H,9-12,16H2,1-4H3,(H,24,27)/p+1/t22-/m0/s1. The van der Waals surface area contributed by atoms with Crippen LogP contribution in [0.4, 0.5) is 5.69 Å². The number of nitrogens with zero attached hydrogens (tertiary/aromatic N) is 1. The summed E-state index contributed by atoms with van der Waals surface area (Å²) in [6.07, 6.45) is 0. The van der Waals surface area contributed by atoms with Crippen LogP contribution in [0, 0.1) is 0 Å². The Bertz CT molecular complexity index is 811. The first-order valence-corrected chi connectivity index (χ1v) is 10.2. The van der Waals surface area contributed by atoms with E-state index >= 15 is 0 Å². The van der Waals surface area contributed by atoms with E-state index in [-0.39, 0.29) is 11.9 Å². The van der Waals surface area contributed by atoms with Crippen molar-refractivity contribution >= 4 is 11.6 Å². The molecule has 30 heavy (non-hydrogen) atoms. The van der Waals surface area contributed by atoms with Crippen molar-refractivity contribution in [2.45, 2.75) is 6.04 Å². The van der Waals surface area contributed by atoms with Crippen LogP contribution in [0.1, 0.15) is 22.0 Å². The van der Waals surface area contributed by atoms with Crippen LogP contribution in [0.15, 0.2) is 42.5 Å². The third-order valence-electron chi connectivity index (χ3n) is 5.52. The molecule has 1 atom stereocenters. The Morgan fingerprint density at radius 3 is 2.20 bits per heavy atom. The van der Waals surface area contributed by atoms with Crippen LogP contribution in [-0.4, -0.2) is 67.1 Å². The summed E-state index contributed by atoms with van der Waals surface area (Å²) in [4.78, 5) is 16.4. The van der Waals surface area contributed by atoms with E-state index < -0.39 is 0 Å². The quantitative estimate of drug-likeness (QED) is 0.679. The van der Waals surface area contributed by atoms with Gasteiger partial charge in [-0.3, -0.25) is 4.79 Å². The van der Waals surface area contributed by atoms with Gasteiger partial charge in [-0.05, 0) is 24.3 Å². The summed E-state index contributed by atoms with van der Waals surface area (Å²) in [6.45, 7) is 3.85. The Morgan fingerprint density at radius 1 is 1.07 bits per heavy atom. The molecule has 1 aliphatic heterocycles. The van der Waals surface area contributed by atoms with Crippen LogP contribution in [0.25, 0.3) is 0 Å². The summed E-state index contributed by atoms with van der Waals surface area (Å²) in [5.74, 6) is 1.04. The molecule has 1 saturated heterocycles. The predicted molar refractivity (Wildman–Crippen MR) is 117 cm³/mol. The van der Waals surface area contributed by atoms with Gasteiger partial charge in [-0.2, -0.15) is 0 Å². The Hall–Kier alpha value is -2.77. The van der Waals surface area contributed by atoms with Crippen LogP contribution >= 0.6 is 0 Å². The summed E-state index contributed by atoms with van der Waals surface area (Å²) in [5.41, 5.74) is 2.88. The monoisotopic (exact) mass is 414 g/mol. The molecule has 0 unspecified atom stereocenters. The maximum absolute atomic E-state index is 12.9. The molecule has 1 fully saturated rings. The van der Waals surface area contributed by atoms with Gasteiger partial charge in [0.2, 0.25) is 0 Å². The van der Waals surface area contributed by atoms with Crippen molar-refractivity contribution in [3.63, 3.8) is 0 Å². The number of hydrogen-bond donors (Lipinski definition) is 2. The Balaban J connectivity index is 1.77. The molecule has 7 nitrogen and oxygen atoms in total. The molecular formula is C23H32N3O4+. The van der Waals surface area contributed by atoms with E-state index in [2.05, 4.69) is 34.5 Å². The highest BCUT2D eigenvalue weighted by Crippen LogP contribution is 2.22. The summed E-state index contributed by atoms with van der Waals surface area (Å²) in [7, 11) is 7.21. The average Bonchev–Trinajstić information content (AvgIpc) is 2.79. The molecule has 2 aromatic carbocycles. The largest absolute Gasteiger partial charge is 0.497 e. The average molecular weight is 415 g/mol. The summed E-state index contributed by atoms with van der Waals surface area (Å²) in [6, 6.07) is 13.9. The zero-order valence-corrected chi connectivity index (χ0v) is 18.2. The minimum absolute atomic E-state index is 0.144. The highest BCUT2D eigenvalue weighted by Gasteiger charge is 2.27. The van der Waals surface area contributed by atoms with Gasteiger partial charge in [0.05, 0.1) is 34.0 Å². The number of methoxy groups -OCH3 is 2. The molecule has 7 heteroatoms. The third-order valence-corrected chi connectivity index (χ3v) is 5.52. The number of anilines is 1. The van der Waals surface area contributed by atoms with E-state index in [0.717, 1.165) is 32.0 Å². The first-order chi connectivity index (χ1) is 14.5. The minimum Gasteiger partial charge on any atom is -0.497 e. The van der Waals surface area contributed by atoms with Gasteiger partial charge >= 0.3 is 0 Å². The molecule has 0 radical (unpaired) electrons. The van der Waals surface area contributed by atoms with Crippen LogP contribution in [0.3, 0.4) is 0 Å². The molecule has 1 aliphatic rings. The van der Waals surface area contributed by atoms with Gasteiger partial charge in [-0.25, -0.2) is 0 Å². The number of hydrogen-bond acceptors (Lipinski definition) is 5. The van der Waals surface area contributed by atoms with Crippen molar-refractivity contribution < 1.29 is 23.9 Å². The van der Waals surface area contributed by atoms with Crippen molar-refractivity contribution in [1.82, 2.24) is 5.32 Å². The smallest absolute Gasteiger partial charge is 0.251 e. The lowest BCUT2D eigenvalue weighted by atomic mass is 10.0. The fourth-order valence-electron chi connectivity index (χ4n) is 3.72. The summed E-state index contributed by atoms with van der Waals surface area (Å²) >= 11 is 0. The Kier molecular flexibility index (Phi) is 7.54. The van der Waals surface area contributed by atoms with Crippen molar-refractivity contribution in [2.75, 3.05) is 66.1 Å². The topological polar surface area (TPSA) is 64.5 Å². The van der Waals surface area contributed by atoms with E-state index in [0.29, 0.717) is 23.6 Å². The van der Waals surface area contributed by atoms with E-state index in [9.17, 15) is 4.79 Å². The lowest BCUT2D eigenvalue weighted by Crippen LogP contribution is -3.15. The fourth-order valence-corrected chi connectivity index (χ4v) is 3.72. The van der Waals surface area contributed by atoms with Gasteiger partial charge in [0.1, 0.15) is 30.6 Å². The molecule has 0 aliphatic carbocycles. The number of nitrogens with one attached hydrogen (secondary N) is 2. The predicted octanol–water partition coefficient (Wildman–Crippen LogP) is 1.16. The molecule has 0 saturated carbocycles. The zero-order valence-electron chi connectivity index (χ0n) is 18.2.